The number of aromatic nitrogens is 2. The highest BCUT2D eigenvalue weighted by molar-refractivity contribution is 9.10. The van der Waals surface area contributed by atoms with Crippen LogP contribution in [0.15, 0.2) is 27.2 Å². The van der Waals surface area contributed by atoms with Crippen LogP contribution >= 0.6 is 15.9 Å². The molecule has 1 aromatic heterocycles. The number of halogens is 1. The second kappa shape index (κ2) is 4.05. The van der Waals surface area contributed by atoms with Crippen LogP contribution in [0.2, 0.25) is 0 Å². The molecule has 16 heavy (non-hydrogen) atoms. The topological polar surface area (TPSA) is 76.2 Å². The summed E-state index contributed by atoms with van der Waals surface area (Å²) in [6.45, 7) is 1.92. The van der Waals surface area contributed by atoms with Crippen molar-refractivity contribution in [2.24, 2.45) is 0 Å². The number of carboxylic acid groups (broad SMARTS) is 1. The summed E-state index contributed by atoms with van der Waals surface area (Å²) in [5.41, 5.74) is 1.70. The van der Waals surface area contributed by atoms with E-state index in [-0.39, 0.29) is 11.7 Å². The first kappa shape index (κ1) is 10.8. The Bertz CT molecular complexity index is 530. The van der Waals surface area contributed by atoms with Crippen molar-refractivity contribution >= 4 is 21.9 Å². The Kier molecular flexibility index (Phi) is 2.74. The predicted octanol–water partition coefficient (Wildman–Crippen LogP) is 2.51. The van der Waals surface area contributed by atoms with Crippen LogP contribution < -0.4 is 0 Å². The number of hydrogen-bond donors (Lipinski definition) is 1. The zero-order valence-corrected chi connectivity index (χ0v) is 9.85. The Balaban J connectivity index is 2.46. The minimum absolute atomic E-state index is 0.196. The third-order valence-electron chi connectivity index (χ3n) is 1.91. The molecule has 0 aliphatic rings. The first-order chi connectivity index (χ1) is 7.56. The van der Waals surface area contributed by atoms with Crippen molar-refractivity contribution in [1.82, 2.24) is 10.1 Å². The lowest BCUT2D eigenvalue weighted by molar-refractivity contribution is 0.0680. The van der Waals surface area contributed by atoms with Gasteiger partial charge in [-0.05, 0) is 35.8 Å². The molecule has 0 saturated heterocycles. The Morgan fingerprint density at radius 1 is 1.44 bits per heavy atom. The van der Waals surface area contributed by atoms with Crippen LogP contribution in [-0.2, 0) is 0 Å². The fourth-order valence-corrected chi connectivity index (χ4v) is 1.90. The zero-order chi connectivity index (χ0) is 11.7. The van der Waals surface area contributed by atoms with Crippen molar-refractivity contribution in [3.63, 3.8) is 0 Å². The lowest BCUT2D eigenvalue weighted by atomic mass is 10.1. The Hall–Kier alpha value is -1.69. The Labute approximate surface area is 99.2 Å². The van der Waals surface area contributed by atoms with Gasteiger partial charge in [-0.15, -0.1) is 0 Å². The van der Waals surface area contributed by atoms with E-state index in [1.807, 2.05) is 19.1 Å². The number of aryl methyl sites for hydroxylation is 1. The van der Waals surface area contributed by atoms with Crippen LogP contribution in [0.4, 0.5) is 0 Å². The molecule has 6 heteroatoms. The molecule has 1 heterocycles. The van der Waals surface area contributed by atoms with Gasteiger partial charge in [-0.2, -0.15) is 4.98 Å². The van der Waals surface area contributed by atoms with E-state index < -0.39 is 5.97 Å². The van der Waals surface area contributed by atoms with Crippen LogP contribution in [0.3, 0.4) is 0 Å². The first-order valence-electron chi connectivity index (χ1n) is 4.41. The SMILES string of the molecule is Cc1cc(Br)cc(-c2nc(C(=O)O)no2)c1. The number of aromatic carboxylic acids is 1. The van der Waals surface area contributed by atoms with Crippen molar-refractivity contribution in [2.75, 3.05) is 0 Å². The average Bonchev–Trinajstić information content (AvgIpc) is 2.64. The summed E-state index contributed by atoms with van der Waals surface area (Å²) in [5, 5.41) is 12.0. The van der Waals surface area contributed by atoms with Crippen molar-refractivity contribution in [3.8, 4) is 11.5 Å². The van der Waals surface area contributed by atoms with Crippen molar-refractivity contribution in [1.29, 1.82) is 0 Å². The standard InChI is InChI=1S/C10H7BrN2O3/c1-5-2-6(4-7(11)3-5)9-12-8(10(14)15)13-16-9/h2-4H,1H3,(H,14,15). The molecule has 0 unspecified atom stereocenters. The maximum absolute atomic E-state index is 10.6. The molecule has 0 amide bonds. The van der Waals surface area contributed by atoms with Gasteiger partial charge in [0.25, 0.3) is 11.7 Å². The van der Waals surface area contributed by atoms with Crippen molar-refractivity contribution in [3.05, 3.63) is 34.1 Å². The molecule has 1 N–H and O–H groups in total. The summed E-state index contributed by atoms with van der Waals surface area (Å²) < 4.78 is 5.73. The normalized spacial score (nSPS) is 10.4. The smallest absolute Gasteiger partial charge is 0.377 e. The molecular formula is C10H7BrN2O3. The summed E-state index contributed by atoms with van der Waals surface area (Å²) in [6, 6.07) is 5.55. The van der Waals surface area contributed by atoms with Gasteiger partial charge in [0.1, 0.15) is 0 Å². The minimum atomic E-state index is -1.21. The number of carboxylic acids is 1. The summed E-state index contributed by atoms with van der Waals surface area (Å²) in [7, 11) is 0. The van der Waals surface area contributed by atoms with E-state index in [1.165, 1.54) is 0 Å². The zero-order valence-electron chi connectivity index (χ0n) is 8.27. The van der Waals surface area contributed by atoms with E-state index in [1.54, 1.807) is 6.07 Å². The number of rotatable bonds is 2. The molecule has 0 spiro atoms. The first-order valence-corrected chi connectivity index (χ1v) is 5.20. The molecule has 0 aliphatic heterocycles. The summed E-state index contributed by atoms with van der Waals surface area (Å²) in [5.74, 6) is -1.35. The fraction of sp³-hybridized carbons (Fsp3) is 0.100. The second-order valence-corrected chi connectivity index (χ2v) is 4.16. The molecule has 0 bridgehead atoms. The predicted molar refractivity (Wildman–Crippen MR) is 59.1 cm³/mol. The van der Waals surface area contributed by atoms with Gasteiger partial charge in [0.2, 0.25) is 0 Å². The molecule has 0 radical (unpaired) electrons. The van der Waals surface area contributed by atoms with E-state index in [0.29, 0.717) is 5.56 Å². The van der Waals surface area contributed by atoms with E-state index in [0.717, 1.165) is 10.0 Å². The lowest BCUT2D eigenvalue weighted by Crippen LogP contribution is -1.98. The highest BCUT2D eigenvalue weighted by Crippen LogP contribution is 2.23. The molecular weight excluding hydrogens is 276 g/mol. The monoisotopic (exact) mass is 282 g/mol. The van der Waals surface area contributed by atoms with E-state index >= 15 is 0 Å². The maximum atomic E-state index is 10.6. The molecule has 82 valence electrons. The average molecular weight is 283 g/mol. The third kappa shape index (κ3) is 2.11. The lowest BCUT2D eigenvalue weighted by Gasteiger charge is -1.98. The fourth-order valence-electron chi connectivity index (χ4n) is 1.29. The largest absolute Gasteiger partial charge is 0.475 e. The van der Waals surface area contributed by atoms with E-state index in [2.05, 4.69) is 26.1 Å². The molecule has 0 aliphatic carbocycles. The van der Waals surface area contributed by atoms with E-state index in [9.17, 15) is 4.79 Å². The summed E-state index contributed by atoms with van der Waals surface area (Å²) in [6.07, 6.45) is 0. The van der Waals surface area contributed by atoms with Gasteiger partial charge in [0.15, 0.2) is 0 Å². The Morgan fingerprint density at radius 2 is 2.19 bits per heavy atom. The molecule has 2 rings (SSSR count). The molecule has 0 saturated carbocycles. The van der Waals surface area contributed by atoms with Crippen LogP contribution in [0.25, 0.3) is 11.5 Å². The number of benzene rings is 1. The maximum Gasteiger partial charge on any atom is 0.377 e. The van der Waals surface area contributed by atoms with Crippen molar-refractivity contribution in [2.45, 2.75) is 6.92 Å². The molecule has 1 aromatic carbocycles. The van der Waals surface area contributed by atoms with Gasteiger partial charge in [0, 0.05) is 10.0 Å². The highest BCUT2D eigenvalue weighted by atomic mass is 79.9. The van der Waals surface area contributed by atoms with Crippen LogP contribution in [0.5, 0.6) is 0 Å². The van der Waals surface area contributed by atoms with E-state index in [4.69, 9.17) is 9.63 Å². The highest BCUT2D eigenvalue weighted by Gasteiger charge is 2.14. The molecule has 0 atom stereocenters. The van der Waals surface area contributed by atoms with Gasteiger partial charge < -0.3 is 9.63 Å². The molecule has 0 fully saturated rings. The van der Waals surface area contributed by atoms with Crippen LogP contribution in [-0.4, -0.2) is 21.2 Å². The van der Waals surface area contributed by atoms with Gasteiger partial charge in [-0.3, -0.25) is 0 Å². The van der Waals surface area contributed by atoms with Crippen molar-refractivity contribution < 1.29 is 14.4 Å². The molecule has 5 nitrogen and oxygen atoms in total. The second-order valence-electron chi connectivity index (χ2n) is 3.25. The quantitative estimate of drug-likeness (QED) is 0.916. The van der Waals surface area contributed by atoms with Gasteiger partial charge in [-0.25, -0.2) is 4.79 Å². The van der Waals surface area contributed by atoms with Crippen LogP contribution in [0.1, 0.15) is 16.2 Å². The van der Waals surface area contributed by atoms with Gasteiger partial charge >= 0.3 is 5.97 Å². The van der Waals surface area contributed by atoms with Crippen LogP contribution in [0, 0.1) is 6.92 Å². The number of carbonyl (C=O) groups is 1. The Morgan fingerprint density at radius 3 is 2.75 bits per heavy atom. The summed E-state index contributed by atoms with van der Waals surface area (Å²) >= 11 is 3.34. The van der Waals surface area contributed by atoms with Gasteiger partial charge in [0.05, 0.1) is 0 Å². The minimum Gasteiger partial charge on any atom is -0.475 e. The third-order valence-corrected chi connectivity index (χ3v) is 2.36. The number of nitrogens with zero attached hydrogens (tertiary/aromatic N) is 2. The molecule has 2 aromatic rings. The van der Waals surface area contributed by atoms with Gasteiger partial charge in [-0.1, -0.05) is 15.9 Å². The number of hydrogen-bond acceptors (Lipinski definition) is 4. The summed E-state index contributed by atoms with van der Waals surface area (Å²) in [4.78, 5) is 14.3.